The maximum absolute atomic E-state index is 12.3. The van der Waals surface area contributed by atoms with Gasteiger partial charge in [0, 0.05) is 34.3 Å². The van der Waals surface area contributed by atoms with E-state index in [1.807, 2.05) is 16.8 Å². The van der Waals surface area contributed by atoms with Gasteiger partial charge in [0.1, 0.15) is 0 Å². The van der Waals surface area contributed by atoms with E-state index in [0.29, 0.717) is 17.0 Å². The first-order valence-corrected chi connectivity index (χ1v) is 8.42. The number of hydrogen-bond acceptors (Lipinski definition) is 5. The van der Waals surface area contributed by atoms with Crippen LogP contribution < -0.4 is 5.56 Å². The molecule has 1 amide bonds. The Bertz CT molecular complexity index is 1160. The smallest absolute Gasteiger partial charge is 0.277 e. The van der Waals surface area contributed by atoms with Crippen LogP contribution in [-0.2, 0) is 4.84 Å². The van der Waals surface area contributed by atoms with E-state index in [9.17, 15) is 9.59 Å². The van der Waals surface area contributed by atoms with Crippen LogP contribution in [0.25, 0.3) is 33.3 Å². The highest BCUT2D eigenvalue weighted by Crippen LogP contribution is 2.24. The molecule has 0 aliphatic carbocycles. The molecule has 4 aromatic rings. The van der Waals surface area contributed by atoms with Gasteiger partial charge >= 0.3 is 0 Å². The summed E-state index contributed by atoms with van der Waals surface area (Å²) >= 11 is 1.48. The summed E-state index contributed by atoms with van der Waals surface area (Å²) in [6.07, 6.45) is 0. The molecule has 0 radical (unpaired) electrons. The molecule has 0 bridgehead atoms. The highest BCUT2D eigenvalue weighted by molar-refractivity contribution is 7.09. The van der Waals surface area contributed by atoms with Gasteiger partial charge in [-0.1, -0.05) is 0 Å². The summed E-state index contributed by atoms with van der Waals surface area (Å²) in [6.45, 7) is 0. The number of amides is 1. The first-order chi connectivity index (χ1) is 12.1. The number of benzene rings is 1. The average molecular weight is 354 g/mol. The van der Waals surface area contributed by atoms with Crippen molar-refractivity contribution in [3.8, 4) is 11.4 Å². The monoisotopic (exact) mass is 354 g/mol. The Labute approximate surface area is 145 Å². The van der Waals surface area contributed by atoms with Gasteiger partial charge in [-0.3, -0.25) is 14.4 Å². The van der Waals surface area contributed by atoms with E-state index in [1.54, 1.807) is 25.2 Å². The number of carbonyl (C=O) groups is 1. The van der Waals surface area contributed by atoms with Crippen LogP contribution in [0.5, 0.6) is 0 Å². The summed E-state index contributed by atoms with van der Waals surface area (Å²) in [5.41, 5.74) is 3.46. The van der Waals surface area contributed by atoms with E-state index in [1.165, 1.54) is 18.4 Å². The molecule has 0 aliphatic heterocycles. The van der Waals surface area contributed by atoms with Gasteiger partial charge < -0.3 is 9.97 Å². The largest absolute Gasteiger partial charge is 0.353 e. The summed E-state index contributed by atoms with van der Waals surface area (Å²) in [7, 11) is 2.98. The third-order valence-corrected chi connectivity index (χ3v) is 4.75. The van der Waals surface area contributed by atoms with E-state index < -0.39 is 0 Å². The molecule has 0 atom stereocenters. The number of fused-ring (bicyclic) bond motifs is 2. The molecule has 0 aliphatic rings. The van der Waals surface area contributed by atoms with Gasteiger partial charge in [0.25, 0.3) is 11.5 Å². The van der Waals surface area contributed by atoms with Crippen LogP contribution in [0, 0.1) is 0 Å². The molecule has 7 nitrogen and oxygen atoms in total. The van der Waals surface area contributed by atoms with Crippen LogP contribution in [0.3, 0.4) is 0 Å². The molecule has 2 N–H and O–H groups in total. The molecule has 3 heterocycles. The van der Waals surface area contributed by atoms with Gasteiger partial charge in [-0.05, 0) is 24.3 Å². The van der Waals surface area contributed by atoms with Crippen molar-refractivity contribution in [2.75, 3.05) is 14.2 Å². The lowest BCUT2D eigenvalue weighted by atomic mass is 10.1. The SMILES string of the molecule is CON(C)C(=O)c1ccc2[nH]c(-c3nc4cscc4[nH]c3=O)cc2c1. The number of carbonyl (C=O) groups excluding carboxylic acids is 1. The summed E-state index contributed by atoms with van der Waals surface area (Å²) in [4.78, 5) is 39.9. The molecule has 3 aromatic heterocycles. The van der Waals surface area contributed by atoms with Crippen LogP contribution in [0.2, 0.25) is 0 Å². The second-order valence-corrected chi connectivity index (χ2v) is 6.30. The molecule has 4 rings (SSSR count). The quantitative estimate of drug-likeness (QED) is 0.554. The highest BCUT2D eigenvalue weighted by Gasteiger charge is 2.15. The second kappa shape index (κ2) is 5.83. The Kier molecular flexibility index (Phi) is 3.63. The number of nitrogens with one attached hydrogen (secondary N) is 2. The van der Waals surface area contributed by atoms with Gasteiger partial charge in [0.15, 0.2) is 5.69 Å². The lowest BCUT2D eigenvalue weighted by molar-refractivity contribution is -0.0756. The fraction of sp³-hybridized carbons (Fsp3) is 0.118. The van der Waals surface area contributed by atoms with Crippen molar-refractivity contribution in [3.05, 3.63) is 50.9 Å². The third-order valence-electron chi connectivity index (χ3n) is 4.02. The van der Waals surface area contributed by atoms with Gasteiger partial charge in [-0.15, -0.1) is 11.3 Å². The number of nitrogens with zero attached hydrogens (tertiary/aromatic N) is 2. The van der Waals surface area contributed by atoms with Crippen LogP contribution >= 0.6 is 11.3 Å². The molecule has 126 valence electrons. The molecule has 0 spiro atoms. The van der Waals surface area contributed by atoms with E-state index >= 15 is 0 Å². The van der Waals surface area contributed by atoms with Crippen molar-refractivity contribution in [2.45, 2.75) is 0 Å². The summed E-state index contributed by atoms with van der Waals surface area (Å²) in [5.74, 6) is -0.247. The van der Waals surface area contributed by atoms with Crippen molar-refractivity contribution in [1.29, 1.82) is 0 Å². The number of hydrogen-bond donors (Lipinski definition) is 2. The van der Waals surface area contributed by atoms with Crippen LogP contribution in [0.1, 0.15) is 10.4 Å². The van der Waals surface area contributed by atoms with Crippen molar-refractivity contribution < 1.29 is 9.63 Å². The number of hydroxylamine groups is 2. The van der Waals surface area contributed by atoms with Crippen molar-refractivity contribution in [2.24, 2.45) is 0 Å². The Morgan fingerprint density at radius 2 is 2.04 bits per heavy atom. The number of aromatic nitrogens is 3. The van der Waals surface area contributed by atoms with E-state index in [2.05, 4.69) is 15.0 Å². The van der Waals surface area contributed by atoms with E-state index in [0.717, 1.165) is 27.0 Å². The van der Waals surface area contributed by atoms with Crippen LogP contribution in [0.4, 0.5) is 0 Å². The molecule has 0 saturated heterocycles. The molecule has 0 unspecified atom stereocenters. The fourth-order valence-corrected chi connectivity index (χ4v) is 3.36. The van der Waals surface area contributed by atoms with Crippen molar-refractivity contribution in [1.82, 2.24) is 20.0 Å². The lowest BCUT2D eigenvalue weighted by Crippen LogP contribution is -2.25. The number of thiophene rings is 1. The van der Waals surface area contributed by atoms with Crippen molar-refractivity contribution in [3.63, 3.8) is 0 Å². The zero-order valence-corrected chi connectivity index (χ0v) is 14.3. The van der Waals surface area contributed by atoms with Crippen molar-refractivity contribution >= 4 is 39.2 Å². The standard InChI is InChI=1S/C17H14N4O3S/c1-21(24-2)17(23)9-3-4-11-10(5-9)6-12(18-11)15-16(22)20-14-8-25-7-13(14)19-15/h3-8,18H,1-2H3,(H,20,22). The number of rotatable bonds is 3. The Morgan fingerprint density at radius 3 is 2.84 bits per heavy atom. The first kappa shape index (κ1) is 15.6. The number of aromatic amines is 2. The molecule has 8 heteroatoms. The Morgan fingerprint density at radius 1 is 1.20 bits per heavy atom. The second-order valence-electron chi connectivity index (χ2n) is 5.56. The molecule has 0 fully saturated rings. The highest BCUT2D eigenvalue weighted by atomic mass is 32.1. The molecule has 0 saturated carbocycles. The lowest BCUT2D eigenvalue weighted by Gasteiger charge is -2.13. The molecule has 1 aromatic carbocycles. The predicted molar refractivity (Wildman–Crippen MR) is 96.6 cm³/mol. The topological polar surface area (TPSA) is 91.1 Å². The fourth-order valence-electron chi connectivity index (χ4n) is 2.66. The summed E-state index contributed by atoms with van der Waals surface area (Å²) in [6, 6.07) is 7.08. The molecular weight excluding hydrogens is 340 g/mol. The Balaban J connectivity index is 1.81. The number of H-pyrrole nitrogens is 2. The first-order valence-electron chi connectivity index (χ1n) is 7.48. The van der Waals surface area contributed by atoms with Gasteiger partial charge in [-0.25, -0.2) is 10.0 Å². The van der Waals surface area contributed by atoms with Gasteiger partial charge in [-0.2, -0.15) is 0 Å². The molecular formula is C17H14N4O3S. The van der Waals surface area contributed by atoms with E-state index in [-0.39, 0.29) is 11.5 Å². The minimum Gasteiger partial charge on any atom is -0.353 e. The Hall–Kier alpha value is -2.97. The zero-order chi connectivity index (χ0) is 17.6. The van der Waals surface area contributed by atoms with Gasteiger partial charge in [0.2, 0.25) is 0 Å². The zero-order valence-electron chi connectivity index (χ0n) is 13.5. The summed E-state index contributed by atoms with van der Waals surface area (Å²) < 4.78 is 0. The minimum absolute atomic E-state index is 0.247. The maximum Gasteiger partial charge on any atom is 0.277 e. The average Bonchev–Trinajstić information content (AvgIpc) is 3.24. The van der Waals surface area contributed by atoms with E-state index in [4.69, 9.17) is 4.84 Å². The molecule has 25 heavy (non-hydrogen) atoms. The third kappa shape index (κ3) is 2.61. The summed E-state index contributed by atoms with van der Waals surface area (Å²) in [5, 5.41) is 5.71. The van der Waals surface area contributed by atoms with Crippen LogP contribution in [-0.4, -0.2) is 40.1 Å². The minimum atomic E-state index is -0.257. The van der Waals surface area contributed by atoms with Crippen LogP contribution in [0.15, 0.2) is 39.8 Å². The normalized spacial score (nSPS) is 11.3. The van der Waals surface area contributed by atoms with Gasteiger partial charge in [0.05, 0.1) is 23.8 Å². The maximum atomic E-state index is 12.3. The predicted octanol–water partition coefficient (Wildman–Crippen LogP) is 2.77.